The summed E-state index contributed by atoms with van der Waals surface area (Å²) in [6.07, 6.45) is 0. The van der Waals surface area contributed by atoms with Gasteiger partial charge in [0.15, 0.2) is 23.0 Å². The highest BCUT2D eigenvalue weighted by atomic mass is 32.2. The average Bonchev–Trinajstić information content (AvgIpc) is 3.01. The smallest absolute Gasteiger partial charge is 0.375 e. The van der Waals surface area contributed by atoms with Crippen molar-refractivity contribution in [2.75, 3.05) is 0 Å². The first-order valence-corrected chi connectivity index (χ1v) is 19.5. The van der Waals surface area contributed by atoms with Gasteiger partial charge in [-0.25, -0.2) is 0 Å². The molecule has 0 atom stereocenters. The summed E-state index contributed by atoms with van der Waals surface area (Å²) in [5.74, 6) is -6.07. The minimum absolute atomic E-state index is 0.424. The first-order chi connectivity index (χ1) is 25.3. The number of alkyl halides is 12. The molecule has 0 saturated heterocycles. The Kier molecular flexibility index (Phi) is 10.0. The average molecular weight is 897 g/mol. The van der Waals surface area contributed by atoms with E-state index < -0.39 is 127 Å². The van der Waals surface area contributed by atoms with Gasteiger partial charge in [-0.2, -0.15) is 86.4 Å². The summed E-state index contributed by atoms with van der Waals surface area (Å²) in [5, 5.41) is -8.37. The molecule has 0 spiro atoms. The van der Waals surface area contributed by atoms with E-state index in [0.29, 0.717) is 72.8 Å². The standard InChI is InChI=1S/C28H12F12O12S4/c29-25(30,31)53(41,42)49-17-9-1-5-13-14-6-2-10-18(50-54(43,44)26(32,33)34)22(14)24-16(8-4-12-20(24)52-56(47,48)28(38,39)40)15-7-3-11-19(23(15)21(13)17)51-55(45,46)27(35,36)37/h1-12H/b14-13-,16-15-,23-21-,24-22-. The molecule has 0 saturated carbocycles. The summed E-state index contributed by atoms with van der Waals surface area (Å²) >= 11 is 0. The van der Waals surface area contributed by atoms with Crippen LogP contribution in [0.5, 0.6) is 23.0 Å². The van der Waals surface area contributed by atoms with E-state index in [1.54, 1.807) is 0 Å². The van der Waals surface area contributed by atoms with Crippen LogP contribution in [-0.2, 0) is 40.5 Å². The number of halogens is 12. The van der Waals surface area contributed by atoms with E-state index in [0.717, 1.165) is 0 Å². The van der Waals surface area contributed by atoms with Crippen molar-refractivity contribution in [2.45, 2.75) is 22.0 Å². The van der Waals surface area contributed by atoms with Crippen LogP contribution in [0.4, 0.5) is 52.7 Å². The van der Waals surface area contributed by atoms with Crippen molar-refractivity contribution >= 4 is 40.5 Å². The van der Waals surface area contributed by atoms with Crippen molar-refractivity contribution in [2.24, 2.45) is 0 Å². The Labute approximate surface area is 302 Å². The van der Waals surface area contributed by atoms with E-state index in [1.165, 1.54) is 0 Å². The van der Waals surface area contributed by atoms with Crippen molar-refractivity contribution in [1.82, 2.24) is 0 Å². The van der Waals surface area contributed by atoms with Gasteiger partial charge in [0.2, 0.25) is 0 Å². The maximum Gasteiger partial charge on any atom is 0.534 e. The van der Waals surface area contributed by atoms with Crippen molar-refractivity contribution in [1.29, 1.82) is 0 Å². The van der Waals surface area contributed by atoms with Gasteiger partial charge in [0.05, 0.1) is 0 Å². The van der Waals surface area contributed by atoms with E-state index in [4.69, 9.17) is 0 Å². The number of rotatable bonds is 8. The van der Waals surface area contributed by atoms with Crippen molar-refractivity contribution in [3.05, 3.63) is 115 Å². The normalized spacial score (nSPS) is 16.5. The summed E-state index contributed by atoms with van der Waals surface area (Å²) in [6, 6.07) is 7.14. The van der Waals surface area contributed by atoms with Crippen LogP contribution in [0.3, 0.4) is 0 Å². The molecule has 0 radical (unpaired) electrons. The summed E-state index contributed by atoms with van der Waals surface area (Å²) in [4.78, 5) is 0. The molecule has 5 rings (SSSR count). The van der Waals surface area contributed by atoms with Crippen LogP contribution < -0.4 is 16.7 Å². The Morgan fingerprint density at radius 3 is 0.607 bits per heavy atom. The van der Waals surface area contributed by atoms with E-state index in [1.807, 2.05) is 0 Å². The fourth-order valence-corrected chi connectivity index (χ4v) is 6.87. The van der Waals surface area contributed by atoms with Gasteiger partial charge in [0.1, 0.15) is 0 Å². The molecule has 12 nitrogen and oxygen atoms in total. The van der Waals surface area contributed by atoms with Crippen LogP contribution >= 0.6 is 0 Å². The molecule has 56 heavy (non-hydrogen) atoms. The second-order valence-corrected chi connectivity index (χ2v) is 16.8. The Bertz CT molecular complexity index is 2730. The largest absolute Gasteiger partial charge is 0.534 e. The molecule has 4 aromatic carbocycles. The number of hydrogen-bond donors (Lipinski definition) is 0. The molecule has 1 aliphatic carbocycles. The molecule has 28 heteroatoms. The fraction of sp³-hybridized carbons (Fsp3) is 0.143. The molecule has 0 heterocycles. The van der Waals surface area contributed by atoms with Gasteiger partial charge >= 0.3 is 62.5 Å². The van der Waals surface area contributed by atoms with Crippen molar-refractivity contribution in [3.8, 4) is 23.0 Å². The monoisotopic (exact) mass is 896 g/mol. The maximum atomic E-state index is 13.6. The summed E-state index contributed by atoms with van der Waals surface area (Å²) in [7, 11) is -27.1. The molecule has 0 fully saturated rings. The van der Waals surface area contributed by atoms with E-state index >= 15 is 0 Å². The van der Waals surface area contributed by atoms with Gasteiger partial charge < -0.3 is 16.7 Å². The molecule has 1 aliphatic rings. The summed E-state index contributed by atoms with van der Waals surface area (Å²) in [6.45, 7) is 0. The number of benzene rings is 4. The first kappa shape index (κ1) is 42.2. The predicted molar refractivity (Wildman–Crippen MR) is 159 cm³/mol. The van der Waals surface area contributed by atoms with Crippen molar-refractivity contribution in [3.63, 3.8) is 0 Å². The van der Waals surface area contributed by atoms with Crippen LogP contribution in [0.15, 0.2) is 72.8 Å². The molecule has 304 valence electrons. The molecule has 4 aromatic rings. The van der Waals surface area contributed by atoms with Gasteiger partial charge in [-0.05, 0) is 45.1 Å². The molecule has 0 unspecified atom stereocenters. The van der Waals surface area contributed by atoms with Gasteiger partial charge in [0.25, 0.3) is 0 Å². The second kappa shape index (κ2) is 13.3. The van der Waals surface area contributed by atoms with E-state index in [9.17, 15) is 86.4 Å². The van der Waals surface area contributed by atoms with Gasteiger partial charge in [-0.3, -0.25) is 0 Å². The van der Waals surface area contributed by atoms with E-state index in [-0.39, 0.29) is 0 Å². The molecule has 0 N–H and O–H groups in total. The van der Waals surface area contributed by atoms with Crippen LogP contribution in [0.25, 0.3) is 0 Å². The Morgan fingerprint density at radius 1 is 0.304 bits per heavy atom. The Morgan fingerprint density at radius 2 is 0.464 bits per heavy atom. The first-order valence-electron chi connectivity index (χ1n) is 13.9. The predicted octanol–water partition coefficient (Wildman–Crippen LogP) is 6.06. The zero-order valence-corrected chi connectivity index (χ0v) is 29.3. The van der Waals surface area contributed by atoms with Crippen LogP contribution in [0.2, 0.25) is 0 Å². The zero-order valence-electron chi connectivity index (χ0n) is 26.0. The molecule has 0 amide bonds. The Balaban J connectivity index is 2.31. The number of hydrogen-bond acceptors (Lipinski definition) is 12. The fourth-order valence-electron chi connectivity index (χ4n) is 4.99. The maximum absolute atomic E-state index is 13.6. The SMILES string of the molecule is O=S(=O)(Oc1cccc2/c1=c1/c(OS(=O)(=O)C(F)(F)F)ccc/c1=c1\cccc(OS(=O)(=O)C(F)(F)F)\c1=c1/c(OS(=O)(=O)C(F)(F)F)ccc/c1=2)C(F)(F)F. The molecule has 0 aliphatic heterocycles. The van der Waals surface area contributed by atoms with Gasteiger partial charge in [0, 0.05) is 20.9 Å². The lowest BCUT2D eigenvalue weighted by molar-refractivity contribution is -0.0505. The van der Waals surface area contributed by atoms with Gasteiger partial charge in [-0.15, -0.1) is 0 Å². The van der Waals surface area contributed by atoms with Crippen molar-refractivity contribution < 1.29 is 103 Å². The Hall–Kier alpha value is -4.96. The lowest BCUT2D eigenvalue weighted by atomic mass is 10.0. The molecular formula is C28H12F12O12S4. The third-order valence-corrected chi connectivity index (χ3v) is 11.0. The topological polar surface area (TPSA) is 173 Å². The quantitative estimate of drug-likeness (QED) is 0.100. The molecule has 0 bridgehead atoms. The summed E-state index contributed by atoms with van der Waals surface area (Å²) in [5.41, 5.74) is -25.0. The third kappa shape index (κ3) is 7.48. The highest BCUT2D eigenvalue weighted by Crippen LogP contribution is 2.36. The van der Waals surface area contributed by atoms with Crippen LogP contribution in [-0.4, -0.2) is 55.7 Å². The minimum Gasteiger partial charge on any atom is -0.375 e. The number of fused-ring (bicyclic) bond motifs is 4. The summed E-state index contributed by atoms with van der Waals surface area (Å²) < 4.78 is 278. The highest BCUT2D eigenvalue weighted by Gasteiger charge is 2.51. The highest BCUT2D eigenvalue weighted by molar-refractivity contribution is 7.88. The third-order valence-electron chi connectivity index (χ3n) is 7.12. The lowest BCUT2D eigenvalue weighted by Gasteiger charge is -2.15. The van der Waals surface area contributed by atoms with E-state index in [2.05, 4.69) is 16.7 Å². The minimum atomic E-state index is -6.77. The lowest BCUT2D eigenvalue weighted by Crippen LogP contribution is -2.29. The van der Waals surface area contributed by atoms with Gasteiger partial charge in [-0.1, -0.05) is 48.5 Å². The zero-order chi connectivity index (χ0) is 42.2. The molecule has 0 aromatic heterocycles. The van der Waals surface area contributed by atoms with Crippen LogP contribution in [0.1, 0.15) is 0 Å². The molecular weight excluding hydrogens is 885 g/mol. The second-order valence-electron chi connectivity index (χ2n) is 10.6. The van der Waals surface area contributed by atoms with Crippen LogP contribution in [0, 0.1) is 41.7 Å².